The fraction of sp³-hybridized carbons (Fsp3) is 0.138. The second kappa shape index (κ2) is 9.76. The Morgan fingerprint density at radius 1 is 0.743 bits per heavy atom. The van der Waals surface area contributed by atoms with Gasteiger partial charge in [0.15, 0.2) is 0 Å². The zero-order valence-corrected chi connectivity index (χ0v) is 20.1. The lowest BCUT2D eigenvalue weighted by Crippen LogP contribution is -2.38. The molecule has 0 radical (unpaired) electrons. The molecule has 176 valence electrons. The van der Waals surface area contributed by atoms with Gasteiger partial charge < -0.3 is 4.90 Å². The first-order valence-corrected chi connectivity index (χ1v) is 13.0. The van der Waals surface area contributed by atoms with Gasteiger partial charge in [0.1, 0.15) is 0 Å². The molecule has 5 nitrogen and oxygen atoms in total. The maximum atomic E-state index is 13.9. The lowest BCUT2D eigenvalue weighted by atomic mass is 9.99. The van der Waals surface area contributed by atoms with E-state index in [0.717, 1.165) is 17.5 Å². The minimum absolute atomic E-state index is 0.116. The Balaban J connectivity index is 1.56. The number of carbonyl (C=O) groups is 1. The first kappa shape index (κ1) is 22.9. The third kappa shape index (κ3) is 4.70. The van der Waals surface area contributed by atoms with E-state index in [1.54, 1.807) is 59.5 Å². The van der Waals surface area contributed by atoms with Crippen LogP contribution < -0.4 is 4.31 Å². The number of anilines is 1. The van der Waals surface area contributed by atoms with Crippen molar-refractivity contribution in [1.29, 1.82) is 0 Å². The van der Waals surface area contributed by atoms with Crippen LogP contribution in [0.1, 0.15) is 27.0 Å². The highest BCUT2D eigenvalue weighted by Crippen LogP contribution is 2.31. The van der Waals surface area contributed by atoms with Crippen molar-refractivity contribution in [3.63, 3.8) is 0 Å². The van der Waals surface area contributed by atoms with Crippen LogP contribution in [0.25, 0.3) is 0 Å². The number of carbonyl (C=O) groups excluding carboxylic acids is 1. The van der Waals surface area contributed by atoms with E-state index < -0.39 is 10.0 Å². The van der Waals surface area contributed by atoms with Crippen molar-refractivity contribution in [2.45, 2.75) is 24.4 Å². The molecule has 1 heterocycles. The predicted octanol–water partition coefficient (Wildman–Crippen LogP) is 5.28. The second-order valence-electron chi connectivity index (χ2n) is 8.57. The summed E-state index contributed by atoms with van der Waals surface area (Å²) < 4.78 is 29.1. The van der Waals surface area contributed by atoms with Gasteiger partial charge in [-0.25, -0.2) is 8.42 Å². The maximum Gasteiger partial charge on any atom is 0.264 e. The third-order valence-electron chi connectivity index (χ3n) is 6.32. The molecule has 0 saturated carbocycles. The molecule has 4 aromatic rings. The molecule has 4 aromatic carbocycles. The maximum absolute atomic E-state index is 13.9. The van der Waals surface area contributed by atoms with Crippen LogP contribution >= 0.6 is 0 Å². The van der Waals surface area contributed by atoms with E-state index in [1.807, 2.05) is 48.5 Å². The average molecular weight is 483 g/mol. The number of hydrogen-bond donors (Lipinski definition) is 0. The molecule has 5 rings (SSSR count). The standard InChI is InChI=1S/C29H26N2O3S/c32-29(30-20-19-24-13-7-8-14-25(24)22-30)27-17-9-10-18-28(27)31(21-23-11-3-1-4-12-23)35(33,34)26-15-5-2-6-16-26/h1-18H,19-22H2. The smallest absolute Gasteiger partial charge is 0.264 e. The summed E-state index contributed by atoms with van der Waals surface area (Å²) in [6.45, 7) is 1.22. The highest BCUT2D eigenvalue weighted by Gasteiger charge is 2.30. The van der Waals surface area contributed by atoms with Crippen molar-refractivity contribution >= 4 is 21.6 Å². The number of nitrogens with zero attached hydrogens (tertiary/aromatic N) is 2. The first-order valence-electron chi connectivity index (χ1n) is 11.6. The van der Waals surface area contributed by atoms with E-state index in [0.29, 0.717) is 24.3 Å². The number of benzene rings is 4. The van der Waals surface area contributed by atoms with Gasteiger partial charge in [-0.15, -0.1) is 0 Å². The molecule has 1 aliphatic heterocycles. The summed E-state index contributed by atoms with van der Waals surface area (Å²) in [6, 6.07) is 32.9. The van der Waals surface area contributed by atoms with Gasteiger partial charge in [0.25, 0.3) is 15.9 Å². The summed E-state index contributed by atoms with van der Waals surface area (Å²) in [5, 5.41) is 0. The predicted molar refractivity (Wildman–Crippen MR) is 138 cm³/mol. The van der Waals surface area contributed by atoms with Gasteiger partial charge in [0, 0.05) is 13.1 Å². The fourth-order valence-electron chi connectivity index (χ4n) is 4.48. The SMILES string of the molecule is O=C(c1ccccc1N(Cc1ccccc1)S(=O)(=O)c1ccccc1)N1CCc2ccccc2C1. The summed E-state index contributed by atoms with van der Waals surface area (Å²) in [5.74, 6) is -0.170. The number of fused-ring (bicyclic) bond motifs is 1. The zero-order chi connectivity index (χ0) is 24.3. The van der Waals surface area contributed by atoms with Gasteiger partial charge in [0.2, 0.25) is 0 Å². The van der Waals surface area contributed by atoms with Crippen molar-refractivity contribution in [1.82, 2.24) is 4.90 Å². The van der Waals surface area contributed by atoms with Crippen LogP contribution in [-0.4, -0.2) is 25.8 Å². The molecule has 0 bridgehead atoms. The molecular formula is C29H26N2O3S. The Kier molecular flexibility index (Phi) is 6.38. The summed E-state index contributed by atoms with van der Waals surface area (Å²) in [5.41, 5.74) is 3.97. The summed E-state index contributed by atoms with van der Waals surface area (Å²) in [6.07, 6.45) is 0.778. The minimum Gasteiger partial charge on any atom is -0.334 e. The minimum atomic E-state index is -3.93. The number of para-hydroxylation sites is 1. The Morgan fingerprint density at radius 3 is 2.09 bits per heavy atom. The van der Waals surface area contributed by atoms with Crippen molar-refractivity contribution < 1.29 is 13.2 Å². The number of sulfonamides is 1. The molecule has 1 amide bonds. The van der Waals surface area contributed by atoms with Gasteiger partial charge in [-0.1, -0.05) is 84.9 Å². The Bertz CT molecular complexity index is 1440. The van der Waals surface area contributed by atoms with E-state index in [1.165, 1.54) is 9.87 Å². The number of amides is 1. The monoisotopic (exact) mass is 482 g/mol. The molecule has 0 aromatic heterocycles. The highest BCUT2D eigenvalue weighted by atomic mass is 32.2. The van der Waals surface area contributed by atoms with E-state index in [4.69, 9.17) is 0 Å². The molecule has 1 aliphatic rings. The first-order chi connectivity index (χ1) is 17.0. The molecule has 0 unspecified atom stereocenters. The molecule has 0 spiro atoms. The molecule has 0 N–H and O–H groups in total. The largest absolute Gasteiger partial charge is 0.334 e. The summed E-state index contributed by atoms with van der Waals surface area (Å²) in [7, 11) is -3.93. The second-order valence-corrected chi connectivity index (χ2v) is 10.4. The van der Waals surface area contributed by atoms with Crippen molar-refractivity contribution in [3.8, 4) is 0 Å². The van der Waals surface area contributed by atoms with Gasteiger partial charge in [0.05, 0.1) is 22.7 Å². The third-order valence-corrected chi connectivity index (χ3v) is 8.10. The molecule has 0 aliphatic carbocycles. The topological polar surface area (TPSA) is 57.7 Å². The van der Waals surface area contributed by atoms with Gasteiger partial charge in [-0.2, -0.15) is 0 Å². The molecule has 0 fully saturated rings. The van der Waals surface area contributed by atoms with E-state index in [9.17, 15) is 13.2 Å². The van der Waals surface area contributed by atoms with Crippen LogP contribution in [0.15, 0.2) is 114 Å². The van der Waals surface area contributed by atoms with Crippen LogP contribution in [0.3, 0.4) is 0 Å². The number of rotatable bonds is 6. The van der Waals surface area contributed by atoms with Crippen molar-refractivity contribution in [2.24, 2.45) is 0 Å². The van der Waals surface area contributed by atoms with Crippen molar-refractivity contribution in [3.05, 3.63) is 131 Å². The zero-order valence-electron chi connectivity index (χ0n) is 19.2. The highest BCUT2D eigenvalue weighted by molar-refractivity contribution is 7.92. The number of hydrogen-bond acceptors (Lipinski definition) is 3. The van der Waals surface area contributed by atoms with Gasteiger partial charge >= 0.3 is 0 Å². The quantitative estimate of drug-likeness (QED) is 0.376. The van der Waals surface area contributed by atoms with Crippen LogP contribution in [0.4, 0.5) is 5.69 Å². The fourth-order valence-corrected chi connectivity index (χ4v) is 5.97. The van der Waals surface area contributed by atoms with Crippen LogP contribution in [0, 0.1) is 0 Å². The Labute approximate surface area is 206 Å². The lowest BCUT2D eigenvalue weighted by Gasteiger charge is -2.31. The average Bonchev–Trinajstić information content (AvgIpc) is 2.92. The Hall–Kier alpha value is -3.90. The van der Waals surface area contributed by atoms with Crippen molar-refractivity contribution in [2.75, 3.05) is 10.8 Å². The molecule has 0 saturated heterocycles. The van der Waals surface area contributed by atoms with E-state index >= 15 is 0 Å². The Morgan fingerprint density at radius 2 is 1.34 bits per heavy atom. The van der Waals surface area contributed by atoms with Gasteiger partial charge in [-0.3, -0.25) is 9.10 Å². The summed E-state index contributed by atoms with van der Waals surface area (Å²) in [4.78, 5) is 15.7. The van der Waals surface area contributed by atoms with Crippen LogP contribution in [0.5, 0.6) is 0 Å². The lowest BCUT2D eigenvalue weighted by molar-refractivity contribution is 0.0735. The summed E-state index contributed by atoms with van der Waals surface area (Å²) >= 11 is 0. The van der Waals surface area contributed by atoms with E-state index in [2.05, 4.69) is 6.07 Å². The van der Waals surface area contributed by atoms with E-state index in [-0.39, 0.29) is 17.3 Å². The van der Waals surface area contributed by atoms with Gasteiger partial charge in [-0.05, 0) is 47.4 Å². The molecule has 0 atom stereocenters. The molecular weight excluding hydrogens is 456 g/mol. The normalized spacial score (nSPS) is 13.2. The van der Waals surface area contributed by atoms with Crippen LogP contribution in [0.2, 0.25) is 0 Å². The molecule has 6 heteroatoms. The molecule has 35 heavy (non-hydrogen) atoms. The van der Waals surface area contributed by atoms with Crippen LogP contribution in [-0.2, 0) is 29.5 Å².